The molecule has 6 heteroatoms. The van der Waals surface area contributed by atoms with E-state index in [2.05, 4.69) is 10.0 Å². The zero-order valence-corrected chi connectivity index (χ0v) is 12.8. The lowest BCUT2D eigenvalue weighted by molar-refractivity contribution is 0.383. The van der Waals surface area contributed by atoms with Crippen molar-refractivity contribution in [3.05, 3.63) is 17.1 Å². The number of hydrogen-bond acceptors (Lipinski definition) is 4. The topological polar surface area (TPSA) is 71.3 Å². The first-order chi connectivity index (χ1) is 9.47. The van der Waals surface area contributed by atoms with Gasteiger partial charge in [0.05, 0.1) is 0 Å². The van der Waals surface area contributed by atoms with Crippen LogP contribution in [0.2, 0.25) is 0 Å². The van der Waals surface area contributed by atoms with Crippen LogP contribution in [0.4, 0.5) is 0 Å². The highest BCUT2D eigenvalue weighted by Crippen LogP contribution is 2.29. The van der Waals surface area contributed by atoms with E-state index in [1.54, 1.807) is 6.92 Å². The van der Waals surface area contributed by atoms with Crippen molar-refractivity contribution in [3.8, 4) is 0 Å². The minimum Gasteiger partial charge on any atom is -0.465 e. The maximum absolute atomic E-state index is 12.6. The van der Waals surface area contributed by atoms with E-state index < -0.39 is 10.0 Å². The number of nitrogens with one attached hydrogen (secondary N) is 2. The molecule has 0 aliphatic heterocycles. The van der Waals surface area contributed by atoms with Gasteiger partial charge in [0.2, 0.25) is 10.0 Å². The Morgan fingerprint density at radius 1 is 1.10 bits per heavy atom. The van der Waals surface area contributed by atoms with E-state index in [1.807, 2.05) is 6.92 Å². The van der Waals surface area contributed by atoms with Crippen LogP contribution in [0.15, 0.2) is 9.31 Å². The van der Waals surface area contributed by atoms with Gasteiger partial charge >= 0.3 is 0 Å². The molecule has 0 bridgehead atoms. The van der Waals surface area contributed by atoms with Gasteiger partial charge in [-0.3, -0.25) is 0 Å². The molecular formula is C14H22N2O3S. The molecule has 0 atom stereocenters. The average Bonchev–Trinajstić information content (AvgIpc) is 3.08. The summed E-state index contributed by atoms with van der Waals surface area (Å²) < 4.78 is 33.5. The van der Waals surface area contributed by atoms with Crippen LogP contribution < -0.4 is 10.0 Å². The maximum Gasteiger partial charge on any atom is 0.244 e. The van der Waals surface area contributed by atoms with Gasteiger partial charge in [-0.25, -0.2) is 13.1 Å². The highest BCUT2D eigenvalue weighted by atomic mass is 32.2. The Morgan fingerprint density at radius 3 is 2.35 bits per heavy atom. The third kappa shape index (κ3) is 2.77. The van der Waals surface area contributed by atoms with Crippen molar-refractivity contribution in [1.82, 2.24) is 10.0 Å². The predicted molar refractivity (Wildman–Crippen MR) is 76.0 cm³/mol. The normalized spacial score (nSPS) is 20.1. The highest BCUT2D eigenvalue weighted by Gasteiger charge is 2.31. The summed E-state index contributed by atoms with van der Waals surface area (Å²) in [6.07, 6.45) is 5.33. The minimum atomic E-state index is -3.47. The molecule has 3 rings (SSSR count). The number of sulfonamides is 1. The molecular weight excluding hydrogens is 276 g/mol. The largest absolute Gasteiger partial charge is 0.465 e. The highest BCUT2D eigenvalue weighted by molar-refractivity contribution is 7.89. The molecule has 0 radical (unpaired) electrons. The van der Waals surface area contributed by atoms with Crippen molar-refractivity contribution < 1.29 is 12.8 Å². The second-order valence-electron chi connectivity index (χ2n) is 5.93. The Bertz CT molecular complexity index is 598. The van der Waals surface area contributed by atoms with Crippen molar-refractivity contribution in [1.29, 1.82) is 0 Å². The van der Waals surface area contributed by atoms with E-state index in [1.165, 1.54) is 12.8 Å². The van der Waals surface area contributed by atoms with Crippen LogP contribution in [-0.2, 0) is 16.6 Å². The third-order valence-corrected chi connectivity index (χ3v) is 5.88. The monoisotopic (exact) mass is 298 g/mol. The second-order valence-corrected chi connectivity index (χ2v) is 7.58. The first-order valence-corrected chi connectivity index (χ1v) is 8.80. The lowest BCUT2D eigenvalue weighted by Crippen LogP contribution is -2.40. The van der Waals surface area contributed by atoms with Gasteiger partial charge in [-0.2, -0.15) is 0 Å². The van der Waals surface area contributed by atoms with Crippen molar-refractivity contribution in [3.63, 3.8) is 0 Å². The quantitative estimate of drug-likeness (QED) is 0.842. The molecule has 20 heavy (non-hydrogen) atoms. The molecule has 1 aromatic rings. The molecule has 2 saturated carbocycles. The average molecular weight is 298 g/mol. The first kappa shape index (κ1) is 14.1. The van der Waals surface area contributed by atoms with Gasteiger partial charge in [0.25, 0.3) is 0 Å². The van der Waals surface area contributed by atoms with Crippen LogP contribution in [0.3, 0.4) is 0 Å². The molecule has 0 saturated heterocycles. The first-order valence-electron chi connectivity index (χ1n) is 7.32. The van der Waals surface area contributed by atoms with E-state index in [4.69, 9.17) is 4.42 Å². The number of aryl methyl sites for hydroxylation is 2. The molecule has 2 aliphatic rings. The third-order valence-electron chi connectivity index (χ3n) is 4.17. The Morgan fingerprint density at radius 2 is 1.80 bits per heavy atom. The Balaban J connectivity index is 1.85. The number of furan rings is 1. The second kappa shape index (κ2) is 5.16. The van der Waals surface area contributed by atoms with E-state index in [0.717, 1.165) is 24.8 Å². The number of rotatable bonds is 6. The maximum atomic E-state index is 12.6. The fraction of sp³-hybridized carbons (Fsp3) is 0.714. The van der Waals surface area contributed by atoms with Gasteiger partial charge in [-0.1, -0.05) is 6.42 Å². The van der Waals surface area contributed by atoms with Gasteiger partial charge in [0, 0.05) is 24.2 Å². The molecule has 112 valence electrons. The van der Waals surface area contributed by atoms with Crippen molar-refractivity contribution in [2.45, 2.75) is 69.5 Å². The van der Waals surface area contributed by atoms with Crippen molar-refractivity contribution in [2.24, 2.45) is 0 Å². The van der Waals surface area contributed by atoms with Gasteiger partial charge in [-0.05, 0) is 39.5 Å². The fourth-order valence-corrected chi connectivity index (χ4v) is 4.36. The minimum absolute atomic E-state index is 0.0962. The molecule has 1 heterocycles. The molecule has 0 amide bonds. The van der Waals surface area contributed by atoms with Crippen LogP contribution in [0.1, 0.15) is 49.2 Å². The van der Waals surface area contributed by atoms with Crippen LogP contribution >= 0.6 is 0 Å². The molecule has 2 aliphatic carbocycles. The van der Waals surface area contributed by atoms with Crippen LogP contribution in [0.5, 0.6) is 0 Å². The molecule has 0 aromatic carbocycles. The molecule has 1 aromatic heterocycles. The van der Waals surface area contributed by atoms with Gasteiger partial charge in [0.1, 0.15) is 16.4 Å². The number of hydrogen-bond donors (Lipinski definition) is 2. The SMILES string of the molecule is Cc1oc(C)c(S(=O)(=O)NC2CCC2)c1CNC1CC1. The molecule has 2 fully saturated rings. The summed E-state index contributed by atoms with van der Waals surface area (Å²) in [4.78, 5) is 0.343. The van der Waals surface area contributed by atoms with Crippen LogP contribution in [0.25, 0.3) is 0 Å². The Hall–Kier alpha value is -0.850. The molecule has 0 spiro atoms. The predicted octanol–water partition coefficient (Wildman–Crippen LogP) is 1.98. The zero-order valence-electron chi connectivity index (χ0n) is 12.0. The fourth-order valence-electron chi connectivity index (χ4n) is 2.60. The van der Waals surface area contributed by atoms with E-state index >= 15 is 0 Å². The summed E-state index contributed by atoms with van der Waals surface area (Å²) in [5, 5.41) is 3.37. The van der Waals surface area contributed by atoms with Gasteiger partial charge in [0.15, 0.2) is 0 Å². The molecule has 5 nitrogen and oxygen atoms in total. The van der Waals surface area contributed by atoms with E-state index in [-0.39, 0.29) is 6.04 Å². The lowest BCUT2D eigenvalue weighted by atomic mass is 9.94. The van der Waals surface area contributed by atoms with Gasteiger partial charge in [-0.15, -0.1) is 0 Å². The van der Waals surface area contributed by atoms with Gasteiger partial charge < -0.3 is 9.73 Å². The molecule has 2 N–H and O–H groups in total. The Kier molecular flexibility index (Phi) is 3.64. The smallest absolute Gasteiger partial charge is 0.244 e. The van der Waals surface area contributed by atoms with E-state index in [9.17, 15) is 8.42 Å². The summed E-state index contributed by atoms with van der Waals surface area (Å²) in [5.41, 5.74) is 0.779. The van der Waals surface area contributed by atoms with E-state index in [0.29, 0.717) is 29.0 Å². The summed E-state index contributed by atoms with van der Waals surface area (Å²) in [6, 6.07) is 0.638. The summed E-state index contributed by atoms with van der Waals surface area (Å²) >= 11 is 0. The van der Waals surface area contributed by atoms with Crippen molar-refractivity contribution in [2.75, 3.05) is 0 Å². The summed E-state index contributed by atoms with van der Waals surface area (Å²) in [5.74, 6) is 1.19. The summed E-state index contributed by atoms with van der Waals surface area (Å²) in [7, 11) is -3.47. The van der Waals surface area contributed by atoms with Crippen LogP contribution in [0, 0.1) is 13.8 Å². The molecule has 0 unspecified atom stereocenters. The summed E-state index contributed by atoms with van der Waals surface area (Å²) in [6.45, 7) is 4.12. The van der Waals surface area contributed by atoms with Crippen LogP contribution in [-0.4, -0.2) is 20.5 Å². The van der Waals surface area contributed by atoms with Crippen molar-refractivity contribution >= 4 is 10.0 Å². The zero-order chi connectivity index (χ0) is 14.3. The Labute approximate surface area is 120 Å². The standard InChI is InChI=1S/C14H22N2O3S/c1-9-13(8-15-11-6-7-11)14(10(2)19-9)20(17,18)16-12-4-3-5-12/h11-12,15-16H,3-8H2,1-2H3. The lowest BCUT2D eigenvalue weighted by Gasteiger charge is -2.26.